The summed E-state index contributed by atoms with van der Waals surface area (Å²) in [5.41, 5.74) is 5.46. The van der Waals surface area contributed by atoms with E-state index in [1.165, 1.54) is 12.1 Å². The Morgan fingerprint density at radius 3 is 2.32 bits per heavy atom. The molecule has 0 aliphatic rings. The Balaban J connectivity index is 2.71. The zero-order valence-corrected chi connectivity index (χ0v) is 10.5. The largest absolute Gasteiger partial charge is 0.416 e. The molecule has 1 rings (SSSR count). The second kappa shape index (κ2) is 6.42. The summed E-state index contributed by atoms with van der Waals surface area (Å²) in [6.07, 6.45) is -4.32. The number of alkyl halides is 3. The normalized spacial score (nSPS) is 13.0. The van der Waals surface area contributed by atoms with Crippen LogP contribution in [-0.4, -0.2) is 29.0 Å². The van der Waals surface area contributed by atoms with Gasteiger partial charge < -0.3 is 10.9 Å². The fourth-order valence-electron chi connectivity index (χ4n) is 1.60. The first-order valence-electron chi connectivity index (χ1n) is 5.71. The first kappa shape index (κ1) is 15.3. The molecule has 0 spiro atoms. The van der Waals surface area contributed by atoms with E-state index in [1.54, 1.807) is 0 Å². The monoisotopic (exact) mass is 275 g/mol. The summed E-state index contributed by atoms with van der Waals surface area (Å²) in [6.45, 7) is 3.21. The van der Waals surface area contributed by atoms with Gasteiger partial charge in [-0.2, -0.15) is 13.2 Å². The molecule has 7 heteroatoms. The van der Waals surface area contributed by atoms with E-state index in [9.17, 15) is 13.2 Å². The van der Waals surface area contributed by atoms with Crippen molar-refractivity contribution in [1.29, 1.82) is 0 Å². The molecule has 0 aliphatic carbocycles. The molecule has 106 valence electrons. The van der Waals surface area contributed by atoms with Gasteiger partial charge in [-0.25, -0.2) is 0 Å². The molecule has 0 unspecified atom stereocenters. The van der Waals surface area contributed by atoms with Gasteiger partial charge in [0.05, 0.1) is 12.1 Å². The third-order valence-electron chi connectivity index (χ3n) is 2.65. The lowest BCUT2D eigenvalue weighted by atomic mass is 10.1. The maximum absolute atomic E-state index is 12.4. The number of benzene rings is 1. The van der Waals surface area contributed by atoms with Crippen LogP contribution in [0.4, 0.5) is 13.2 Å². The molecule has 0 saturated carbocycles. The van der Waals surface area contributed by atoms with Crippen LogP contribution in [0, 0.1) is 0 Å². The van der Waals surface area contributed by atoms with Crippen LogP contribution in [-0.2, 0) is 12.7 Å². The maximum atomic E-state index is 12.4. The number of nitrogens with zero attached hydrogens (tertiary/aromatic N) is 2. The molecule has 0 atom stereocenters. The van der Waals surface area contributed by atoms with Gasteiger partial charge in [-0.1, -0.05) is 24.2 Å². The van der Waals surface area contributed by atoms with Crippen molar-refractivity contribution in [2.24, 2.45) is 10.9 Å². The predicted octanol–water partition coefficient (Wildman–Crippen LogP) is 2.27. The van der Waals surface area contributed by atoms with Crippen LogP contribution < -0.4 is 5.73 Å². The van der Waals surface area contributed by atoms with Crippen molar-refractivity contribution in [3.05, 3.63) is 35.4 Å². The molecule has 0 amide bonds. The van der Waals surface area contributed by atoms with Crippen LogP contribution in [0.3, 0.4) is 0 Å². The summed E-state index contributed by atoms with van der Waals surface area (Å²) < 4.78 is 37.2. The Kier molecular flexibility index (Phi) is 5.17. The Hall–Kier alpha value is -1.76. The molecular formula is C12H16F3N3O. The summed E-state index contributed by atoms with van der Waals surface area (Å²) in [7, 11) is 0. The van der Waals surface area contributed by atoms with Gasteiger partial charge in [0, 0.05) is 6.54 Å². The number of halogens is 3. The second-order valence-corrected chi connectivity index (χ2v) is 4.09. The smallest absolute Gasteiger partial charge is 0.409 e. The van der Waals surface area contributed by atoms with Gasteiger partial charge in [-0.05, 0) is 24.2 Å². The van der Waals surface area contributed by atoms with Crippen LogP contribution in [0.5, 0.6) is 0 Å². The number of hydrogen-bond acceptors (Lipinski definition) is 3. The lowest BCUT2D eigenvalue weighted by Gasteiger charge is -2.19. The third kappa shape index (κ3) is 4.78. The quantitative estimate of drug-likeness (QED) is 0.375. The van der Waals surface area contributed by atoms with E-state index in [4.69, 9.17) is 10.9 Å². The molecule has 0 saturated heterocycles. The highest BCUT2D eigenvalue weighted by Gasteiger charge is 2.29. The Morgan fingerprint density at radius 2 is 1.89 bits per heavy atom. The average molecular weight is 275 g/mol. The fraction of sp³-hybridized carbons (Fsp3) is 0.417. The van der Waals surface area contributed by atoms with Crippen LogP contribution in [0.1, 0.15) is 18.1 Å². The molecule has 19 heavy (non-hydrogen) atoms. The molecule has 0 heterocycles. The third-order valence-corrected chi connectivity index (χ3v) is 2.65. The average Bonchev–Trinajstić information content (AvgIpc) is 2.37. The van der Waals surface area contributed by atoms with Crippen molar-refractivity contribution in [3.63, 3.8) is 0 Å². The number of rotatable bonds is 5. The first-order chi connectivity index (χ1) is 8.86. The van der Waals surface area contributed by atoms with Gasteiger partial charge in [0.2, 0.25) is 0 Å². The van der Waals surface area contributed by atoms with Crippen molar-refractivity contribution in [2.75, 3.05) is 13.1 Å². The topological polar surface area (TPSA) is 61.8 Å². The van der Waals surface area contributed by atoms with Crippen LogP contribution in [0.15, 0.2) is 29.4 Å². The number of nitrogens with two attached hydrogens (primary N) is 1. The van der Waals surface area contributed by atoms with E-state index < -0.39 is 11.7 Å². The minimum Gasteiger partial charge on any atom is -0.409 e. The molecule has 4 nitrogen and oxygen atoms in total. The minimum atomic E-state index is -4.32. The summed E-state index contributed by atoms with van der Waals surface area (Å²) in [5.74, 6) is 0.0637. The Bertz CT molecular complexity index is 429. The second-order valence-electron chi connectivity index (χ2n) is 4.09. The van der Waals surface area contributed by atoms with Gasteiger partial charge >= 0.3 is 6.18 Å². The van der Waals surface area contributed by atoms with Crippen molar-refractivity contribution in [2.45, 2.75) is 19.6 Å². The molecular weight excluding hydrogens is 259 g/mol. The maximum Gasteiger partial charge on any atom is 0.416 e. The van der Waals surface area contributed by atoms with Crippen molar-refractivity contribution >= 4 is 5.84 Å². The fourth-order valence-corrected chi connectivity index (χ4v) is 1.60. The van der Waals surface area contributed by atoms with Gasteiger partial charge in [-0.3, -0.25) is 4.90 Å². The number of likely N-dealkylation sites (N-methyl/N-ethyl adjacent to an activating group) is 1. The molecule has 0 bridgehead atoms. The van der Waals surface area contributed by atoms with Crippen LogP contribution >= 0.6 is 0 Å². The van der Waals surface area contributed by atoms with Crippen LogP contribution in [0.2, 0.25) is 0 Å². The molecule has 0 fully saturated rings. The summed E-state index contributed by atoms with van der Waals surface area (Å²) >= 11 is 0. The van der Waals surface area contributed by atoms with Crippen molar-refractivity contribution < 1.29 is 18.4 Å². The minimum absolute atomic E-state index is 0.0637. The van der Waals surface area contributed by atoms with Gasteiger partial charge in [0.15, 0.2) is 5.84 Å². The summed E-state index contributed by atoms with van der Waals surface area (Å²) in [5, 5.41) is 11.4. The molecule has 1 aromatic carbocycles. The number of oxime groups is 1. The van der Waals surface area contributed by atoms with E-state index >= 15 is 0 Å². The Labute approximate surface area is 109 Å². The first-order valence-corrected chi connectivity index (χ1v) is 5.71. The van der Waals surface area contributed by atoms with E-state index in [2.05, 4.69) is 5.16 Å². The number of amidine groups is 1. The standard InChI is InChI=1S/C12H16F3N3O/c1-2-18(8-11(16)17-19)7-9-3-5-10(6-4-9)12(13,14)15/h3-6,19H,2,7-8H2,1H3,(H2,16,17). The highest BCUT2D eigenvalue weighted by atomic mass is 19.4. The zero-order valence-electron chi connectivity index (χ0n) is 10.5. The van der Waals surface area contributed by atoms with E-state index in [0.717, 1.165) is 17.7 Å². The van der Waals surface area contributed by atoms with Gasteiger partial charge in [0.25, 0.3) is 0 Å². The molecule has 3 N–H and O–H groups in total. The van der Waals surface area contributed by atoms with Crippen LogP contribution in [0.25, 0.3) is 0 Å². The van der Waals surface area contributed by atoms with E-state index in [0.29, 0.717) is 13.1 Å². The lowest BCUT2D eigenvalue weighted by molar-refractivity contribution is -0.137. The highest BCUT2D eigenvalue weighted by Crippen LogP contribution is 2.29. The molecule has 1 aromatic rings. The lowest BCUT2D eigenvalue weighted by Crippen LogP contribution is -2.33. The zero-order chi connectivity index (χ0) is 14.5. The molecule has 0 aliphatic heterocycles. The summed E-state index contributed by atoms with van der Waals surface area (Å²) in [4.78, 5) is 1.84. The van der Waals surface area contributed by atoms with Gasteiger partial charge in [0.1, 0.15) is 0 Å². The van der Waals surface area contributed by atoms with E-state index in [-0.39, 0.29) is 12.4 Å². The SMILES string of the molecule is CCN(CC(N)=NO)Cc1ccc(C(F)(F)F)cc1. The molecule has 0 aromatic heterocycles. The van der Waals surface area contributed by atoms with E-state index in [1.807, 2.05) is 11.8 Å². The predicted molar refractivity (Wildman–Crippen MR) is 65.8 cm³/mol. The molecule has 0 radical (unpaired) electrons. The highest BCUT2D eigenvalue weighted by molar-refractivity contribution is 5.81. The Morgan fingerprint density at radius 1 is 1.32 bits per heavy atom. The number of hydrogen-bond donors (Lipinski definition) is 2. The van der Waals surface area contributed by atoms with Crippen molar-refractivity contribution in [1.82, 2.24) is 4.90 Å². The summed E-state index contributed by atoms with van der Waals surface area (Å²) in [6, 6.07) is 4.95. The van der Waals surface area contributed by atoms with Crippen molar-refractivity contribution in [3.8, 4) is 0 Å². The van der Waals surface area contributed by atoms with Gasteiger partial charge in [-0.15, -0.1) is 0 Å².